The second kappa shape index (κ2) is 14.6. The Balaban J connectivity index is 1.30. The number of nitrogens with zero attached hydrogens (tertiary/aromatic N) is 3. The van der Waals surface area contributed by atoms with E-state index in [2.05, 4.69) is 39.0 Å². The lowest BCUT2D eigenvalue weighted by Gasteiger charge is -2.55. The largest absolute Gasteiger partial charge is 0.737 e. The van der Waals surface area contributed by atoms with Crippen LogP contribution in [0.5, 0.6) is 0 Å². The van der Waals surface area contributed by atoms with Crippen molar-refractivity contribution in [2.75, 3.05) is 19.6 Å². The Bertz CT molecular complexity index is 923. The number of esters is 1. The fourth-order valence-electron chi connectivity index (χ4n) is 9.43. The fourth-order valence-corrected chi connectivity index (χ4v) is 9.43. The van der Waals surface area contributed by atoms with Crippen LogP contribution in [0.4, 0.5) is 0 Å². The number of nitrogens with two attached hydrogens (primary N) is 1. The van der Waals surface area contributed by atoms with Gasteiger partial charge in [-0.05, 0) is 116 Å². The average Bonchev–Trinajstić information content (AvgIpc) is 3.39. The third-order valence-electron chi connectivity index (χ3n) is 11.7. The number of hydrazine groups is 1. The molecule has 3 saturated carbocycles. The van der Waals surface area contributed by atoms with Crippen LogP contribution >= 0.6 is 0 Å². The van der Waals surface area contributed by atoms with Gasteiger partial charge >= 0.3 is 5.97 Å². The first-order valence-corrected chi connectivity index (χ1v) is 16.8. The van der Waals surface area contributed by atoms with Gasteiger partial charge in [0, 0.05) is 11.4 Å². The molecule has 0 amide bonds. The molecule has 4 aliphatic carbocycles. The van der Waals surface area contributed by atoms with Gasteiger partial charge in [0.25, 0.3) is 0 Å². The zero-order valence-electron chi connectivity index (χ0n) is 26.3. The minimum absolute atomic E-state index is 0.0356. The van der Waals surface area contributed by atoms with Crippen LogP contribution in [0, 0.1) is 57.3 Å². The van der Waals surface area contributed by atoms with Crippen molar-refractivity contribution in [3.05, 3.63) is 22.1 Å². The molecular weight excluding hydrogens is 516 g/mol. The molecule has 234 valence electrons. The molecule has 0 aliphatic heterocycles. The molecule has 4 aliphatic rings. The Morgan fingerprint density at radius 1 is 1.10 bits per heavy atom. The highest BCUT2D eigenvalue weighted by Gasteiger charge is 2.54. The van der Waals surface area contributed by atoms with E-state index in [-0.39, 0.29) is 35.4 Å². The van der Waals surface area contributed by atoms with E-state index in [9.17, 15) is 15.2 Å². The molecule has 0 spiro atoms. The van der Waals surface area contributed by atoms with Gasteiger partial charge in [0.1, 0.15) is 6.10 Å². The molecule has 4 rings (SSSR count). The van der Waals surface area contributed by atoms with Crippen molar-refractivity contribution in [3.8, 4) is 0 Å². The zero-order chi connectivity index (χ0) is 29.6. The van der Waals surface area contributed by atoms with Crippen molar-refractivity contribution in [3.63, 3.8) is 0 Å². The number of carbonyl (C=O) groups excluding carboxylic acids is 1. The zero-order valence-corrected chi connectivity index (χ0v) is 26.3. The summed E-state index contributed by atoms with van der Waals surface area (Å²) in [6.07, 6.45) is 17.7. The van der Waals surface area contributed by atoms with Gasteiger partial charge in [-0.15, -0.1) is 5.01 Å². The summed E-state index contributed by atoms with van der Waals surface area (Å²) in [5, 5.41) is 26.2. The predicted molar refractivity (Wildman–Crippen MR) is 162 cm³/mol. The van der Waals surface area contributed by atoms with Crippen LogP contribution in [0.1, 0.15) is 118 Å². The average molecular weight is 574 g/mol. The molecule has 8 atom stereocenters. The van der Waals surface area contributed by atoms with E-state index in [0.717, 1.165) is 67.1 Å². The van der Waals surface area contributed by atoms with E-state index in [1.807, 2.05) is 0 Å². The van der Waals surface area contributed by atoms with E-state index in [1.165, 1.54) is 61.9 Å². The number of allylic oxidation sites excluding steroid dienone is 1. The molecule has 3 fully saturated rings. The maximum atomic E-state index is 12.7. The first kappa shape index (κ1) is 32.1. The van der Waals surface area contributed by atoms with E-state index in [0.29, 0.717) is 19.5 Å². The Morgan fingerprint density at radius 2 is 1.88 bits per heavy atom. The highest BCUT2D eigenvalue weighted by Crippen LogP contribution is 2.63. The highest BCUT2D eigenvalue weighted by molar-refractivity contribution is 5.69. The summed E-state index contributed by atoms with van der Waals surface area (Å²) in [5.74, 6) is 5.69. The molecule has 8 unspecified atom stereocenters. The van der Waals surface area contributed by atoms with E-state index in [4.69, 9.17) is 10.5 Å². The van der Waals surface area contributed by atoms with Gasteiger partial charge < -0.3 is 20.9 Å². The van der Waals surface area contributed by atoms with Gasteiger partial charge in [0.15, 0.2) is 0 Å². The molecular formula is C33H57N4O4-. The SMILES string of the molecule is CC(C)CCCC(C)C1CCC2C1CCC1C2CC=C2CC(OC(=O)CCN(CCCCN)/[N+]([O-])=N/[O-])CCC21C. The Kier molecular flexibility index (Phi) is 11.4. The van der Waals surface area contributed by atoms with Crippen LogP contribution in [0.2, 0.25) is 0 Å². The van der Waals surface area contributed by atoms with Crippen molar-refractivity contribution in [1.29, 1.82) is 0 Å². The lowest BCUT2D eigenvalue weighted by Crippen LogP contribution is -2.48. The Morgan fingerprint density at radius 3 is 2.61 bits per heavy atom. The molecule has 0 heterocycles. The standard InChI is InChI=1S/C33H58N4O4/c1-23(2)8-7-9-24(3)27-12-13-29-28(27)14-15-31-30(29)11-10-25-22-26(16-18-33(25,31)4)41-32(38)17-21-36(37(40)35-39)20-6-5-19-34/h10,23-24,26-31,39H,5-9,11-22,34H2,1-4H3/p-1/b37-35-. The van der Waals surface area contributed by atoms with Gasteiger partial charge in [-0.3, -0.25) is 4.79 Å². The summed E-state index contributed by atoms with van der Waals surface area (Å²) in [4.78, 5) is 12.8. The molecule has 0 saturated heterocycles. The van der Waals surface area contributed by atoms with Gasteiger partial charge in [0.2, 0.25) is 0 Å². The van der Waals surface area contributed by atoms with Gasteiger partial charge in [-0.1, -0.05) is 58.6 Å². The van der Waals surface area contributed by atoms with Crippen molar-refractivity contribution in [2.45, 2.75) is 124 Å². The van der Waals surface area contributed by atoms with Crippen LogP contribution in [-0.4, -0.2) is 41.7 Å². The third kappa shape index (κ3) is 7.58. The Hall–Kier alpha value is -1.83. The summed E-state index contributed by atoms with van der Waals surface area (Å²) in [6, 6.07) is 0. The second-order valence-corrected chi connectivity index (χ2v) is 14.5. The van der Waals surface area contributed by atoms with Crippen LogP contribution in [0.25, 0.3) is 0 Å². The molecule has 8 heteroatoms. The number of unbranched alkanes of at least 4 members (excludes halogenated alkanes) is 1. The highest BCUT2D eigenvalue weighted by atomic mass is 16.6. The molecule has 8 nitrogen and oxygen atoms in total. The first-order chi connectivity index (χ1) is 19.7. The summed E-state index contributed by atoms with van der Waals surface area (Å²) in [6.45, 7) is 10.7. The monoisotopic (exact) mass is 573 g/mol. The topological polar surface area (TPSA) is 117 Å². The first-order valence-electron chi connectivity index (χ1n) is 16.8. The number of hydrogen-bond donors (Lipinski definition) is 1. The van der Waals surface area contributed by atoms with Gasteiger partial charge in [0.05, 0.1) is 19.5 Å². The number of ether oxygens (including phenoxy) is 1. The number of carbonyl (C=O) groups is 1. The molecule has 0 bridgehead atoms. The normalized spacial score (nSPS) is 33.9. The number of rotatable bonds is 14. The molecule has 2 N–H and O–H groups in total. The van der Waals surface area contributed by atoms with Gasteiger partial charge in [-0.25, -0.2) is 0 Å². The lowest BCUT2D eigenvalue weighted by molar-refractivity contribution is -0.690. The minimum atomic E-state index is -0.309. The van der Waals surface area contributed by atoms with Crippen LogP contribution < -0.4 is 5.73 Å². The molecule has 0 aromatic heterocycles. The number of fused-ring (bicyclic) bond motifs is 5. The van der Waals surface area contributed by atoms with Crippen LogP contribution in [0.3, 0.4) is 0 Å². The quantitative estimate of drug-likeness (QED) is 0.0579. The smallest absolute Gasteiger partial charge is 0.308 e. The molecule has 0 aromatic rings. The van der Waals surface area contributed by atoms with E-state index in [1.54, 1.807) is 0 Å². The lowest BCUT2D eigenvalue weighted by atomic mass is 9.50. The van der Waals surface area contributed by atoms with E-state index < -0.39 is 0 Å². The number of hydrogen-bond acceptors (Lipinski definition) is 6. The van der Waals surface area contributed by atoms with Crippen LogP contribution in [0.15, 0.2) is 16.9 Å². The maximum absolute atomic E-state index is 12.7. The van der Waals surface area contributed by atoms with Gasteiger partial charge in [-0.2, -0.15) is 0 Å². The minimum Gasteiger partial charge on any atom is -0.737 e. The van der Waals surface area contributed by atoms with Crippen LogP contribution in [-0.2, 0) is 9.53 Å². The van der Waals surface area contributed by atoms with E-state index >= 15 is 0 Å². The molecule has 0 radical (unpaired) electrons. The fraction of sp³-hybridized carbons (Fsp3) is 0.909. The summed E-state index contributed by atoms with van der Waals surface area (Å²) in [7, 11) is 0. The maximum Gasteiger partial charge on any atom is 0.308 e. The second-order valence-electron chi connectivity index (χ2n) is 14.5. The van der Waals surface area contributed by atoms with Crippen molar-refractivity contribution in [2.24, 2.45) is 57.9 Å². The summed E-state index contributed by atoms with van der Waals surface area (Å²) in [5.41, 5.74) is 7.27. The summed E-state index contributed by atoms with van der Waals surface area (Å²) >= 11 is 0. The third-order valence-corrected chi connectivity index (χ3v) is 11.7. The molecule has 0 aromatic carbocycles. The Labute approximate surface area is 248 Å². The van der Waals surface area contributed by atoms with Crippen molar-refractivity contribution in [1.82, 2.24) is 5.01 Å². The van der Waals surface area contributed by atoms with Crippen molar-refractivity contribution >= 4 is 5.97 Å². The van der Waals surface area contributed by atoms with Crippen molar-refractivity contribution < 1.29 is 14.5 Å². The predicted octanol–water partition coefficient (Wildman–Crippen LogP) is 7.36. The molecule has 41 heavy (non-hydrogen) atoms. The summed E-state index contributed by atoms with van der Waals surface area (Å²) < 4.78 is 5.91.